The van der Waals surface area contributed by atoms with Gasteiger partial charge in [0, 0.05) is 35.4 Å². The van der Waals surface area contributed by atoms with Crippen LogP contribution < -0.4 is 10.9 Å². The van der Waals surface area contributed by atoms with E-state index >= 15 is 0 Å². The molecule has 7 nitrogen and oxygen atoms in total. The highest BCUT2D eigenvalue weighted by atomic mass is 35.5. The van der Waals surface area contributed by atoms with Gasteiger partial charge >= 0.3 is 0 Å². The molecule has 2 bridgehead atoms. The van der Waals surface area contributed by atoms with Crippen molar-refractivity contribution in [1.29, 1.82) is 0 Å². The van der Waals surface area contributed by atoms with E-state index in [4.69, 9.17) is 32.9 Å². The molecule has 3 aromatic rings. The summed E-state index contributed by atoms with van der Waals surface area (Å²) in [5.74, 6) is 2.88. The van der Waals surface area contributed by atoms with Gasteiger partial charge in [0.15, 0.2) is 5.96 Å². The summed E-state index contributed by atoms with van der Waals surface area (Å²) in [4.78, 5) is 25.7. The van der Waals surface area contributed by atoms with Crippen molar-refractivity contribution in [1.82, 2.24) is 14.5 Å². The molecule has 1 N–H and O–H groups in total. The van der Waals surface area contributed by atoms with E-state index in [2.05, 4.69) is 49.8 Å². The van der Waals surface area contributed by atoms with Crippen molar-refractivity contribution in [3.8, 4) is 0 Å². The van der Waals surface area contributed by atoms with Gasteiger partial charge in [-0.15, -0.1) is 0 Å². The second-order valence-electron chi connectivity index (χ2n) is 13.2. The smallest absolute Gasteiger partial charge is 0.261 e. The van der Waals surface area contributed by atoms with Crippen molar-refractivity contribution < 1.29 is 4.74 Å². The van der Waals surface area contributed by atoms with Gasteiger partial charge in [0.25, 0.3) is 5.56 Å². The Morgan fingerprint density at radius 3 is 2.55 bits per heavy atom. The number of guanidine groups is 1. The molecule has 2 aromatic carbocycles. The first-order valence-corrected chi connectivity index (χ1v) is 15.9. The van der Waals surface area contributed by atoms with E-state index in [1.165, 1.54) is 6.42 Å². The molecule has 42 heavy (non-hydrogen) atoms. The minimum absolute atomic E-state index is 0.0702. The first-order chi connectivity index (χ1) is 20.0. The van der Waals surface area contributed by atoms with Gasteiger partial charge in [0.05, 0.1) is 35.5 Å². The molecular weight excluding hydrogens is 569 g/mol. The predicted molar refractivity (Wildman–Crippen MR) is 172 cm³/mol. The summed E-state index contributed by atoms with van der Waals surface area (Å²) in [6.07, 6.45) is 4.93. The zero-order chi connectivity index (χ0) is 29.8. The van der Waals surface area contributed by atoms with Crippen LogP contribution in [0.2, 0.25) is 10.0 Å². The van der Waals surface area contributed by atoms with Gasteiger partial charge in [-0.2, -0.15) is 0 Å². The zero-order valence-corrected chi connectivity index (χ0v) is 26.6. The Labute approximate surface area is 258 Å². The molecule has 4 aliphatic rings. The number of morpholine rings is 1. The number of hydrogen-bond donors (Lipinski definition) is 1. The molecule has 2 heterocycles. The maximum absolute atomic E-state index is 13.3. The first-order valence-electron chi connectivity index (χ1n) is 15.2. The minimum Gasteiger partial charge on any atom is -0.372 e. The fourth-order valence-corrected chi connectivity index (χ4v) is 7.99. The number of aliphatic imine (C=N–C) groups is 1. The third kappa shape index (κ3) is 5.68. The molecule has 3 saturated carbocycles. The number of ether oxygens (including phenoxy) is 1. The number of nitrogens with zero attached hydrogens (tertiary/aromatic N) is 4. The minimum atomic E-state index is -0.0702. The number of aryl methyl sites for hydroxylation is 2. The van der Waals surface area contributed by atoms with Crippen molar-refractivity contribution in [2.24, 2.45) is 28.2 Å². The van der Waals surface area contributed by atoms with Gasteiger partial charge in [-0.05, 0) is 92.2 Å². The molecule has 1 saturated heterocycles. The maximum Gasteiger partial charge on any atom is 0.261 e. The molecule has 0 spiro atoms. The molecule has 6 atom stereocenters. The quantitative estimate of drug-likeness (QED) is 0.252. The SMILES string of the molecule is C[C@H]1[C@@H](N=C(Nc2ccc3c(=O)n(CCc4ccc(Cl)cc4Cl)cnc3c2)N2C[C@@H](C)O[C@@H](C)C2)C[C@H]2C[C@H]1C2(C)C. The standard InChI is InChI=1S/C33H41Cl2N5O2/c1-19-16-40(17-20(2)42-19)32(38-29-13-23-12-27(21(29)3)33(23,4)5)37-25-8-9-26-30(15-25)36-18-39(31(26)41)11-10-22-6-7-24(34)14-28(22)35/h6-9,14-15,18-21,23,27,29H,10-13,16-17H2,1-5H3,(H,37,38)/t19-,20+,21-,23-,27-,29+/m1/s1. The van der Waals surface area contributed by atoms with E-state index in [0.717, 1.165) is 48.6 Å². The normalized spacial score (nSPS) is 28.9. The van der Waals surface area contributed by atoms with E-state index in [1.54, 1.807) is 17.0 Å². The highest BCUT2D eigenvalue weighted by Gasteiger charge is 2.56. The molecule has 0 unspecified atom stereocenters. The summed E-state index contributed by atoms with van der Waals surface area (Å²) in [5.41, 5.74) is 2.82. The fraction of sp³-hybridized carbons (Fsp3) is 0.545. The Bertz CT molecular complexity index is 1560. The maximum atomic E-state index is 13.3. The lowest BCUT2D eigenvalue weighted by Gasteiger charge is -2.61. The lowest BCUT2D eigenvalue weighted by Crippen LogP contribution is -2.57. The number of benzene rings is 2. The third-order valence-corrected chi connectivity index (χ3v) is 10.6. The Hall–Kier alpha value is -2.61. The number of rotatable bonds is 5. The van der Waals surface area contributed by atoms with Gasteiger partial charge in [-0.1, -0.05) is 50.0 Å². The van der Waals surface area contributed by atoms with Crippen molar-refractivity contribution in [3.05, 3.63) is 68.7 Å². The number of aromatic nitrogens is 2. The van der Waals surface area contributed by atoms with Gasteiger partial charge in [0.2, 0.25) is 0 Å². The molecule has 224 valence electrons. The number of halogens is 2. The largest absolute Gasteiger partial charge is 0.372 e. The number of fused-ring (bicyclic) bond motifs is 3. The molecule has 7 rings (SSSR count). The van der Waals surface area contributed by atoms with Crippen molar-refractivity contribution >= 4 is 45.8 Å². The lowest BCUT2D eigenvalue weighted by molar-refractivity contribution is -0.108. The Balaban J connectivity index is 1.24. The van der Waals surface area contributed by atoms with Gasteiger partial charge < -0.3 is 15.0 Å². The zero-order valence-electron chi connectivity index (χ0n) is 25.1. The van der Waals surface area contributed by atoms with Crippen molar-refractivity contribution in [3.63, 3.8) is 0 Å². The van der Waals surface area contributed by atoms with E-state index in [9.17, 15) is 4.79 Å². The third-order valence-electron chi connectivity index (χ3n) is 10.0. The Morgan fingerprint density at radius 2 is 1.86 bits per heavy atom. The van der Waals surface area contributed by atoms with E-state index in [-0.39, 0.29) is 23.8 Å². The van der Waals surface area contributed by atoms with Crippen LogP contribution in [0.3, 0.4) is 0 Å². The van der Waals surface area contributed by atoms with Crippen molar-refractivity contribution in [2.45, 2.75) is 78.7 Å². The van der Waals surface area contributed by atoms with Crippen LogP contribution in [0.15, 0.2) is 52.5 Å². The van der Waals surface area contributed by atoms with E-state index < -0.39 is 0 Å². The Morgan fingerprint density at radius 1 is 1.10 bits per heavy atom. The van der Waals surface area contributed by atoms with Crippen molar-refractivity contribution in [2.75, 3.05) is 18.4 Å². The van der Waals surface area contributed by atoms with Crippen LogP contribution in [0.4, 0.5) is 5.69 Å². The van der Waals surface area contributed by atoms with Crippen LogP contribution >= 0.6 is 23.2 Å². The molecule has 3 aliphatic carbocycles. The fourth-order valence-electron chi connectivity index (χ4n) is 7.48. The summed E-state index contributed by atoms with van der Waals surface area (Å²) in [6.45, 7) is 13.5. The average Bonchev–Trinajstić information content (AvgIpc) is 2.93. The highest BCUT2D eigenvalue weighted by Crippen LogP contribution is 2.61. The molecular formula is C33H41Cl2N5O2. The van der Waals surface area contributed by atoms with Crippen LogP contribution in [0.25, 0.3) is 10.9 Å². The number of anilines is 1. The van der Waals surface area contributed by atoms with Crippen LogP contribution in [-0.4, -0.2) is 51.7 Å². The van der Waals surface area contributed by atoms with Gasteiger partial charge in [0.1, 0.15) is 0 Å². The summed E-state index contributed by atoms with van der Waals surface area (Å²) in [6, 6.07) is 11.5. The van der Waals surface area contributed by atoms with Crippen LogP contribution in [0.1, 0.15) is 53.0 Å². The molecule has 0 amide bonds. The summed E-state index contributed by atoms with van der Waals surface area (Å²) in [5, 5.41) is 5.42. The lowest BCUT2D eigenvalue weighted by atomic mass is 9.45. The van der Waals surface area contributed by atoms with Crippen LogP contribution in [0.5, 0.6) is 0 Å². The van der Waals surface area contributed by atoms with E-state index in [0.29, 0.717) is 45.2 Å². The highest BCUT2D eigenvalue weighted by molar-refractivity contribution is 6.35. The second-order valence-corrected chi connectivity index (χ2v) is 14.1. The summed E-state index contributed by atoms with van der Waals surface area (Å²) >= 11 is 12.4. The topological polar surface area (TPSA) is 71.8 Å². The Kier molecular flexibility index (Phi) is 8.05. The van der Waals surface area contributed by atoms with Crippen LogP contribution in [0, 0.1) is 23.2 Å². The summed E-state index contributed by atoms with van der Waals surface area (Å²) < 4.78 is 7.68. The molecule has 1 aliphatic heterocycles. The van der Waals surface area contributed by atoms with Crippen LogP contribution in [-0.2, 0) is 17.7 Å². The monoisotopic (exact) mass is 609 g/mol. The molecule has 9 heteroatoms. The van der Waals surface area contributed by atoms with Gasteiger partial charge in [-0.3, -0.25) is 9.36 Å². The molecule has 4 fully saturated rings. The average molecular weight is 611 g/mol. The van der Waals surface area contributed by atoms with E-state index in [1.807, 2.05) is 30.3 Å². The predicted octanol–water partition coefficient (Wildman–Crippen LogP) is 6.89. The molecule has 1 aromatic heterocycles. The van der Waals surface area contributed by atoms with Gasteiger partial charge in [-0.25, -0.2) is 9.98 Å². The first kappa shape index (κ1) is 29.5. The molecule has 0 radical (unpaired) electrons. The number of nitrogens with one attached hydrogen (secondary N) is 1. The number of hydrogen-bond acceptors (Lipinski definition) is 4. The summed E-state index contributed by atoms with van der Waals surface area (Å²) in [7, 11) is 0. The second kappa shape index (κ2) is 11.5.